The van der Waals surface area contributed by atoms with Gasteiger partial charge in [-0.25, -0.2) is 0 Å². The van der Waals surface area contributed by atoms with Gasteiger partial charge in [0.25, 0.3) is 5.91 Å². The number of hydrogen-bond acceptors (Lipinski definition) is 4. The first-order chi connectivity index (χ1) is 11.2. The molecule has 0 spiro atoms. The molecule has 1 aromatic carbocycles. The van der Waals surface area contributed by atoms with Gasteiger partial charge < -0.3 is 14.8 Å². The minimum atomic E-state index is -0.224. The van der Waals surface area contributed by atoms with E-state index in [0.29, 0.717) is 22.7 Å². The number of nitrogens with one attached hydrogen (secondary N) is 1. The Kier molecular flexibility index (Phi) is 5.17. The molecule has 2 rings (SSSR count). The average molecular weight is 331 g/mol. The number of nitrogens with zero attached hydrogens (tertiary/aromatic N) is 2. The van der Waals surface area contributed by atoms with Gasteiger partial charge in [0.05, 0.1) is 30.6 Å². The Morgan fingerprint density at radius 3 is 2.50 bits per heavy atom. The summed E-state index contributed by atoms with van der Waals surface area (Å²) in [6, 6.07) is 5.12. The van der Waals surface area contributed by atoms with Gasteiger partial charge in [-0.1, -0.05) is 0 Å². The third-order valence-corrected chi connectivity index (χ3v) is 3.32. The lowest BCUT2D eigenvalue weighted by atomic mass is 10.1. The van der Waals surface area contributed by atoms with E-state index >= 15 is 0 Å². The largest absolute Gasteiger partial charge is 0.493 e. The van der Waals surface area contributed by atoms with Crippen molar-refractivity contribution in [2.75, 3.05) is 12.4 Å². The molecular formula is C18H25N3O3. The highest BCUT2D eigenvalue weighted by Crippen LogP contribution is 2.29. The SMILES string of the molecule is COc1cc(C(=O)Nc2cnn(C(C)(C)C)c2)ccc1OC(C)C. The van der Waals surface area contributed by atoms with E-state index in [9.17, 15) is 4.79 Å². The first-order valence-electron chi connectivity index (χ1n) is 7.92. The summed E-state index contributed by atoms with van der Waals surface area (Å²) in [5, 5.41) is 7.12. The summed E-state index contributed by atoms with van der Waals surface area (Å²) in [6.07, 6.45) is 3.48. The van der Waals surface area contributed by atoms with Crippen molar-refractivity contribution in [3.63, 3.8) is 0 Å². The third kappa shape index (κ3) is 4.28. The van der Waals surface area contributed by atoms with Gasteiger partial charge in [0.1, 0.15) is 0 Å². The van der Waals surface area contributed by atoms with Gasteiger partial charge in [-0.3, -0.25) is 9.48 Å². The molecule has 0 aliphatic heterocycles. The smallest absolute Gasteiger partial charge is 0.255 e. The molecule has 2 aromatic rings. The minimum absolute atomic E-state index is 0.0295. The van der Waals surface area contributed by atoms with E-state index in [1.807, 2.05) is 45.5 Å². The van der Waals surface area contributed by atoms with Crippen molar-refractivity contribution in [1.29, 1.82) is 0 Å². The van der Waals surface area contributed by atoms with Crippen molar-refractivity contribution in [2.45, 2.75) is 46.3 Å². The Labute approximate surface area is 142 Å². The number of methoxy groups -OCH3 is 1. The quantitative estimate of drug-likeness (QED) is 0.907. The van der Waals surface area contributed by atoms with Crippen molar-refractivity contribution in [2.24, 2.45) is 0 Å². The van der Waals surface area contributed by atoms with Crippen LogP contribution in [0.25, 0.3) is 0 Å². The summed E-state index contributed by atoms with van der Waals surface area (Å²) in [4.78, 5) is 12.4. The number of carbonyl (C=O) groups is 1. The zero-order valence-electron chi connectivity index (χ0n) is 15.1. The molecule has 130 valence electrons. The molecule has 0 saturated carbocycles. The lowest BCUT2D eigenvalue weighted by Gasteiger charge is -2.18. The van der Waals surface area contributed by atoms with Crippen molar-refractivity contribution in [3.05, 3.63) is 36.2 Å². The molecule has 24 heavy (non-hydrogen) atoms. The molecule has 1 aromatic heterocycles. The fraction of sp³-hybridized carbons (Fsp3) is 0.444. The second-order valence-corrected chi connectivity index (χ2v) is 6.83. The number of benzene rings is 1. The van der Waals surface area contributed by atoms with Crippen LogP contribution in [0.1, 0.15) is 45.0 Å². The van der Waals surface area contributed by atoms with Gasteiger partial charge in [-0.2, -0.15) is 5.10 Å². The van der Waals surface area contributed by atoms with Gasteiger partial charge in [-0.15, -0.1) is 0 Å². The summed E-state index contributed by atoms with van der Waals surface area (Å²) >= 11 is 0. The minimum Gasteiger partial charge on any atom is -0.493 e. The Morgan fingerprint density at radius 1 is 1.25 bits per heavy atom. The number of aromatic nitrogens is 2. The standard InChI is InChI=1S/C18H25N3O3/c1-12(2)24-15-8-7-13(9-16(15)23-6)17(22)20-14-10-19-21(11-14)18(3,4)5/h7-12H,1-6H3,(H,20,22). The van der Waals surface area contributed by atoms with Crippen LogP contribution < -0.4 is 14.8 Å². The first-order valence-corrected chi connectivity index (χ1v) is 7.92. The number of hydrogen-bond donors (Lipinski definition) is 1. The molecule has 0 aliphatic rings. The van der Waals surface area contributed by atoms with Crippen LogP contribution in [0.3, 0.4) is 0 Å². The fourth-order valence-corrected chi connectivity index (χ4v) is 2.12. The molecule has 0 aliphatic carbocycles. The van der Waals surface area contributed by atoms with Crippen LogP contribution in [0, 0.1) is 0 Å². The monoisotopic (exact) mass is 331 g/mol. The summed E-state index contributed by atoms with van der Waals surface area (Å²) in [5.74, 6) is 0.921. The molecule has 0 fully saturated rings. The van der Waals surface area contributed by atoms with Crippen LogP contribution in [0.5, 0.6) is 11.5 Å². The van der Waals surface area contributed by atoms with E-state index in [0.717, 1.165) is 0 Å². The van der Waals surface area contributed by atoms with Crippen LogP contribution in [-0.4, -0.2) is 28.9 Å². The fourth-order valence-electron chi connectivity index (χ4n) is 2.12. The van der Waals surface area contributed by atoms with E-state index in [1.54, 1.807) is 31.5 Å². The lowest BCUT2D eigenvalue weighted by molar-refractivity contribution is 0.102. The maximum absolute atomic E-state index is 12.4. The maximum atomic E-state index is 12.4. The Bertz CT molecular complexity index is 715. The van der Waals surface area contributed by atoms with Crippen LogP contribution in [0.15, 0.2) is 30.6 Å². The molecule has 6 nitrogen and oxygen atoms in total. The second-order valence-electron chi connectivity index (χ2n) is 6.83. The van der Waals surface area contributed by atoms with E-state index in [-0.39, 0.29) is 17.6 Å². The van der Waals surface area contributed by atoms with E-state index in [2.05, 4.69) is 10.4 Å². The average Bonchev–Trinajstić information content (AvgIpc) is 2.95. The molecule has 1 amide bonds. The molecule has 0 saturated heterocycles. The topological polar surface area (TPSA) is 65.4 Å². The number of amides is 1. The van der Waals surface area contributed by atoms with Gasteiger partial charge in [0, 0.05) is 11.8 Å². The van der Waals surface area contributed by atoms with Gasteiger partial charge in [-0.05, 0) is 52.8 Å². The van der Waals surface area contributed by atoms with Crippen molar-refractivity contribution >= 4 is 11.6 Å². The van der Waals surface area contributed by atoms with E-state index in [4.69, 9.17) is 9.47 Å². The highest BCUT2D eigenvalue weighted by molar-refractivity contribution is 6.04. The zero-order chi connectivity index (χ0) is 17.9. The molecule has 0 radical (unpaired) electrons. The molecular weight excluding hydrogens is 306 g/mol. The maximum Gasteiger partial charge on any atom is 0.255 e. The Balaban J connectivity index is 2.16. The molecule has 0 atom stereocenters. The number of ether oxygens (including phenoxy) is 2. The second kappa shape index (κ2) is 6.95. The summed E-state index contributed by atoms with van der Waals surface area (Å²) in [5.41, 5.74) is 1.00. The third-order valence-electron chi connectivity index (χ3n) is 3.32. The summed E-state index contributed by atoms with van der Waals surface area (Å²) in [7, 11) is 1.55. The molecule has 6 heteroatoms. The van der Waals surface area contributed by atoms with Crippen LogP contribution in [0.2, 0.25) is 0 Å². The summed E-state index contributed by atoms with van der Waals surface area (Å²) in [6.45, 7) is 10.0. The van der Waals surface area contributed by atoms with E-state index < -0.39 is 0 Å². The Morgan fingerprint density at radius 2 is 1.96 bits per heavy atom. The van der Waals surface area contributed by atoms with Crippen LogP contribution in [-0.2, 0) is 5.54 Å². The molecule has 1 N–H and O–H groups in total. The van der Waals surface area contributed by atoms with Crippen molar-refractivity contribution < 1.29 is 14.3 Å². The lowest BCUT2D eigenvalue weighted by Crippen LogP contribution is -2.22. The predicted octanol–water partition coefficient (Wildman–Crippen LogP) is 3.69. The highest BCUT2D eigenvalue weighted by Gasteiger charge is 2.16. The number of rotatable bonds is 5. The number of carbonyl (C=O) groups excluding carboxylic acids is 1. The van der Waals surface area contributed by atoms with Crippen LogP contribution >= 0.6 is 0 Å². The predicted molar refractivity (Wildman–Crippen MR) is 93.9 cm³/mol. The molecule has 0 bridgehead atoms. The normalized spacial score (nSPS) is 11.5. The Hall–Kier alpha value is -2.50. The first kappa shape index (κ1) is 17.8. The zero-order valence-corrected chi connectivity index (χ0v) is 15.1. The van der Waals surface area contributed by atoms with Crippen molar-refractivity contribution in [1.82, 2.24) is 9.78 Å². The van der Waals surface area contributed by atoms with Gasteiger partial charge >= 0.3 is 0 Å². The van der Waals surface area contributed by atoms with Crippen molar-refractivity contribution in [3.8, 4) is 11.5 Å². The van der Waals surface area contributed by atoms with Crippen LogP contribution in [0.4, 0.5) is 5.69 Å². The van der Waals surface area contributed by atoms with E-state index in [1.165, 1.54) is 0 Å². The molecule has 1 heterocycles. The van der Waals surface area contributed by atoms with Gasteiger partial charge in [0.2, 0.25) is 0 Å². The number of anilines is 1. The van der Waals surface area contributed by atoms with Gasteiger partial charge in [0.15, 0.2) is 11.5 Å². The molecule has 0 unspecified atom stereocenters. The summed E-state index contributed by atoms with van der Waals surface area (Å²) < 4.78 is 12.8. The highest BCUT2D eigenvalue weighted by atomic mass is 16.5.